The van der Waals surface area contributed by atoms with E-state index in [1.807, 2.05) is 35.9 Å². The van der Waals surface area contributed by atoms with E-state index in [2.05, 4.69) is 40.8 Å². The van der Waals surface area contributed by atoms with Crippen LogP contribution in [0.1, 0.15) is 18.8 Å². The molecule has 0 spiro atoms. The van der Waals surface area contributed by atoms with Crippen molar-refractivity contribution in [2.45, 2.75) is 14.4 Å². The Hall–Kier alpha value is -2.76. The minimum Gasteiger partial charge on any atom is -0.379 e. The number of benzene rings is 2. The summed E-state index contributed by atoms with van der Waals surface area (Å²) in [6.45, 7) is 9.28. The zero-order valence-corrected chi connectivity index (χ0v) is 15.5. The van der Waals surface area contributed by atoms with Crippen molar-refractivity contribution in [1.29, 1.82) is 0 Å². The van der Waals surface area contributed by atoms with Crippen LogP contribution in [0.15, 0.2) is 55.1 Å². The van der Waals surface area contributed by atoms with Gasteiger partial charge in [-0.15, -0.1) is 0 Å². The maximum atomic E-state index is 12.6. The molecule has 5 nitrogen and oxygen atoms in total. The summed E-state index contributed by atoms with van der Waals surface area (Å²) in [5, 5.41) is 7.01. The molecule has 0 atom stereocenters. The molecule has 146 valence electrons. The molecule has 0 aliphatic carbocycles. The molecule has 1 aliphatic rings. The van der Waals surface area contributed by atoms with Gasteiger partial charge in [0.05, 0.1) is 31.1 Å². The van der Waals surface area contributed by atoms with Gasteiger partial charge in [-0.25, -0.2) is 4.68 Å². The van der Waals surface area contributed by atoms with Crippen molar-refractivity contribution in [3.8, 4) is 5.69 Å². The lowest BCUT2D eigenvalue weighted by atomic mass is 10.1. The first-order chi connectivity index (χ1) is 13.1. The van der Waals surface area contributed by atoms with E-state index in [9.17, 15) is 4.79 Å². The van der Waals surface area contributed by atoms with E-state index >= 15 is 0 Å². The number of carbonyl (C=O) groups excluding carboxylic acids is 1. The number of ketones is 1. The molecular weight excluding hydrogens is 350 g/mol. The van der Waals surface area contributed by atoms with Gasteiger partial charge in [0.25, 0.3) is 0 Å². The largest absolute Gasteiger partial charge is 0.379 e. The van der Waals surface area contributed by atoms with Crippen LogP contribution in [-0.2, 0) is 9.53 Å². The Balaban J connectivity index is 0.00000225. The van der Waals surface area contributed by atoms with E-state index in [4.69, 9.17) is 4.74 Å². The summed E-state index contributed by atoms with van der Waals surface area (Å²) in [4.78, 5) is 14.7. The fourth-order valence-electron chi connectivity index (χ4n) is 3.39. The van der Waals surface area contributed by atoms with Gasteiger partial charge >= 0.3 is 0 Å². The molecule has 1 fully saturated rings. The van der Waals surface area contributed by atoms with E-state index in [1.165, 1.54) is 5.39 Å². The Bertz CT molecular complexity index is 1000. The standard InChI is InChI=1S/C22H23N3O2.CH4/c1-16-13-21(17(2)22(26)15-24-9-11-27-12-10-24)23-25(16)20-8-7-18-5-3-4-6-19(18)14-20;/h3-8,13-14H,2,9-12,15H2,1H3;1H4. The lowest BCUT2D eigenvalue weighted by molar-refractivity contribution is -0.115. The van der Waals surface area contributed by atoms with Crippen molar-refractivity contribution in [1.82, 2.24) is 14.7 Å². The van der Waals surface area contributed by atoms with Crippen LogP contribution in [0.25, 0.3) is 22.0 Å². The second-order valence-electron chi connectivity index (χ2n) is 6.90. The van der Waals surface area contributed by atoms with E-state index < -0.39 is 0 Å². The van der Waals surface area contributed by atoms with Gasteiger partial charge in [0, 0.05) is 24.4 Å². The molecule has 0 radical (unpaired) electrons. The van der Waals surface area contributed by atoms with Crippen LogP contribution >= 0.6 is 0 Å². The second kappa shape index (κ2) is 8.50. The van der Waals surface area contributed by atoms with Gasteiger partial charge < -0.3 is 4.74 Å². The van der Waals surface area contributed by atoms with Crippen LogP contribution < -0.4 is 0 Å². The summed E-state index contributed by atoms with van der Waals surface area (Å²) < 4.78 is 7.20. The smallest absolute Gasteiger partial charge is 0.178 e. The highest BCUT2D eigenvalue weighted by molar-refractivity contribution is 6.20. The van der Waals surface area contributed by atoms with E-state index in [0.29, 0.717) is 31.0 Å². The number of morpholine rings is 1. The molecule has 0 unspecified atom stereocenters. The number of hydrogen-bond donors (Lipinski definition) is 0. The van der Waals surface area contributed by atoms with Crippen LogP contribution in [0.5, 0.6) is 0 Å². The highest BCUT2D eigenvalue weighted by atomic mass is 16.5. The molecular formula is C23H27N3O2. The number of ether oxygens (including phenoxy) is 1. The first kappa shape index (κ1) is 20.0. The van der Waals surface area contributed by atoms with E-state index in [1.54, 1.807) is 0 Å². The predicted molar refractivity (Wildman–Crippen MR) is 114 cm³/mol. The van der Waals surface area contributed by atoms with Crippen LogP contribution in [0.4, 0.5) is 0 Å². The SMILES string of the molecule is C.C=C(C(=O)CN1CCOCC1)c1cc(C)n(-c2ccc3ccccc3c2)n1. The van der Waals surface area contributed by atoms with Crippen LogP contribution in [0.3, 0.4) is 0 Å². The topological polar surface area (TPSA) is 47.4 Å². The van der Waals surface area contributed by atoms with Crippen molar-refractivity contribution >= 4 is 22.1 Å². The third kappa shape index (κ3) is 4.06. The van der Waals surface area contributed by atoms with Crippen molar-refractivity contribution in [2.24, 2.45) is 0 Å². The summed E-state index contributed by atoms with van der Waals surface area (Å²) in [7, 11) is 0. The lowest BCUT2D eigenvalue weighted by Gasteiger charge is -2.25. The Morgan fingerprint density at radius 1 is 1.11 bits per heavy atom. The van der Waals surface area contributed by atoms with Gasteiger partial charge in [0.1, 0.15) is 0 Å². The first-order valence-electron chi connectivity index (χ1n) is 9.20. The van der Waals surface area contributed by atoms with Gasteiger partial charge in [-0.1, -0.05) is 44.3 Å². The first-order valence-corrected chi connectivity index (χ1v) is 9.20. The summed E-state index contributed by atoms with van der Waals surface area (Å²) in [6.07, 6.45) is 0. The molecule has 0 N–H and O–H groups in total. The molecule has 1 saturated heterocycles. The molecule has 2 aromatic carbocycles. The van der Waals surface area contributed by atoms with Gasteiger partial charge in [-0.3, -0.25) is 9.69 Å². The van der Waals surface area contributed by atoms with E-state index in [0.717, 1.165) is 29.9 Å². The highest BCUT2D eigenvalue weighted by Gasteiger charge is 2.19. The third-order valence-electron chi connectivity index (χ3n) is 4.98. The number of hydrogen-bond acceptors (Lipinski definition) is 4. The quantitative estimate of drug-likeness (QED) is 0.633. The molecule has 2 heterocycles. The molecule has 3 aromatic rings. The number of Topliss-reactive ketones (excluding diaryl/α,β-unsaturated/α-hetero) is 1. The summed E-state index contributed by atoms with van der Waals surface area (Å²) in [5.74, 6) is 0.0139. The average Bonchev–Trinajstić information content (AvgIpc) is 3.09. The van der Waals surface area contributed by atoms with Gasteiger partial charge in [0.15, 0.2) is 5.78 Å². The molecule has 5 heteroatoms. The van der Waals surface area contributed by atoms with Crippen LogP contribution in [0, 0.1) is 6.92 Å². The number of rotatable bonds is 5. The number of aromatic nitrogens is 2. The fraction of sp³-hybridized carbons (Fsp3) is 0.304. The molecule has 0 amide bonds. The predicted octanol–water partition coefficient (Wildman–Crippen LogP) is 3.88. The number of fused-ring (bicyclic) bond motifs is 1. The zero-order valence-electron chi connectivity index (χ0n) is 15.5. The summed E-state index contributed by atoms with van der Waals surface area (Å²) in [6, 6.07) is 16.4. The highest BCUT2D eigenvalue weighted by Crippen LogP contribution is 2.22. The summed E-state index contributed by atoms with van der Waals surface area (Å²) >= 11 is 0. The number of nitrogens with zero attached hydrogens (tertiary/aromatic N) is 3. The molecule has 1 aromatic heterocycles. The van der Waals surface area contributed by atoms with Crippen molar-refractivity contribution in [3.05, 3.63) is 66.5 Å². The molecule has 4 rings (SSSR count). The van der Waals surface area contributed by atoms with Gasteiger partial charge in [0.2, 0.25) is 0 Å². The van der Waals surface area contributed by atoms with Gasteiger partial charge in [-0.2, -0.15) is 5.10 Å². The summed E-state index contributed by atoms with van der Waals surface area (Å²) in [5.41, 5.74) is 3.05. The maximum Gasteiger partial charge on any atom is 0.178 e. The zero-order chi connectivity index (χ0) is 18.8. The van der Waals surface area contributed by atoms with Crippen molar-refractivity contribution in [3.63, 3.8) is 0 Å². The Morgan fingerprint density at radius 2 is 1.82 bits per heavy atom. The van der Waals surface area contributed by atoms with Crippen LogP contribution in [-0.4, -0.2) is 53.3 Å². The normalized spacial score (nSPS) is 14.6. The Kier molecular flexibility index (Phi) is 6.07. The average molecular weight is 377 g/mol. The van der Waals surface area contributed by atoms with E-state index in [-0.39, 0.29) is 13.2 Å². The number of aryl methyl sites for hydroxylation is 1. The fourth-order valence-corrected chi connectivity index (χ4v) is 3.39. The monoisotopic (exact) mass is 377 g/mol. The Morgan fingerprint density at radius 3 is 2.57 bits per heavy atom. The van der Waals surface area contributed by atoms with Crippen LogP contribution in [0.2, 0.25) is 0 Å². The minimum absolute atomic E-state index is 0. The number of carbonyl (C=O) groups is 1. The van der Waals surface area contributed by atoms with Crippen molar-refractivity contribution < 1.29 is 9.53 Å². The third-order valence-corrected chi connectivity index (χ3v) is 4.98. The lowest BCUT2D eigenvalue weighted by Crippen LogP contribution is -2.39. The minimum atomic E-state index is 0. The molecule has 0 bridgehead atoms. The molecule has 1 aliphatic heterocycles. The Labute approximate surface area is 166 Å². The van der Waals surface area contributed by atoms with Gasteiger partial charge in [-0.05, 0) is 35.9 Å². The maximum absolute atomic E-state index is 12.6. The van der Waals surface area contributed by atoms with Crippen molar-refractivity contribution in [2.75, 3.05) is 32.8 Å². The molecule has 28 heavy (non-hydrogen) atoms. The molecule has 0 saturated carbocycles. The second-order valence-corrected chi connectivity index (χ2v) is 6.90.